The van der Waals surface area contributed by atoms with Crippen LogP contribution in [-0.2, 0) is 0 Å². The van der Waals surface area contributed by atoms with Crippen molar-refractivity contribution in [2.75, 3.05) is 5.73 Å². The molecule has 5 nitrogen and oxygen atoms in total. The van der Waals surface area contributed by atoms with Crippen LogP contribution in [0.4, 0.5) is 10.1 Å². The summed E-state index contributed by atoms with van der Waals surface area (Å²) >= 11 is 0. The van der Waals surface area contributed by atoms with Crippen molar-refractivity contribution in [3.63, 3.8) is 0 Å². The summed E-state index contributed by atoms with van der Waals surface area (Å²) < 4.78 is 19.0. The van der Waals surface area contributed by atoms with E-state index >= 15 is 0 Å². The molecule has 2 aromatic rings. The van der Waals surface area contributed by atoms with Gasteiger partial charge in [-0.3, -0.25) is 4.79 Å². The Balaban J connectivity index is 2.40. The van der Waals surface area contributed by atoms with Gasteiger partial charge in [-0.2, -0.15) is 5.26 Å². The second-order valence-corrected chi connectivity index (χ2v) is 3.98. The lowest BCUT2D eigenvalue weighted by Gasteiger charge is -2.10. The van der Waals surface area contributed by atoms with Gasteiger partial charge in [0.15, 0.2) is 11.6 Å². The summed E-state index contributed by atoms with van der Waals surface area (Å²) in [5, 5.41) is 8.66. The summed E-state index contributed by atoms with van der Waals surface area (Å²) in [5.41, 5.74) is 11.3. The normalized spacial score (nSPS) is 9.80. The Kier molecular flexibility index (Phi) is 3.53. The van der Waals surface area contributed by atoms with E-state index in [0.29, 0.717) is 5.69 Å². The van der Waals surface area contributed by atoms with Crippen molar-refractivity contribution in [1.29, 1.82) is 5.26 Å². The SMILES string of the molecule is N#Cc1ccc(Oc2ccc(N)cc2C(N)=O)c(F)c1. The summed E-state index contributed by atoms with van der Waals surface area (Å²) in [6.45, 7) is 0. The molecule has 4 N–H and O–H groups in total. The molecule has 20 heavy (non-hydrogen) atoms. The van der Waals surface area contributed by atoms with E-state index in [4.69, 9.17) is 21.5 Å². The molecule has 100 valence electrons. The van der Waals surface area contributed by atoms with Crippen LogP contribution in [0.1, 0.15) is 15.9 Å². The number of halogens is 1. The molecule has 0 aromatic heterocycles. The highest BCUT2D eigenvalue weighted by Crippen LogP contribution is 2.29. The van der Waals surface area contributed by atoms with Gasteiger partial charge in [0.25, 0.3) is 5.91 Å². The maximum atomic E-state index is 13.7. The van der Waals surface area contributed by atoms with Gasteiger partial charge in [0, 0.05) is 5.69 Å². The fourth-order valence-corrected chi connectivity index (χ4v) is 1.60. The second-order valence-electron chi connectivity index (χ2n) is 3.98. The molecule has 0 aliphatic carbocycles. The van der Waals surface area contributed by atoms with E-state index < -0.39 is 11.7 Å². The minimum absolute atomic E-state index is 0.0498. The van der Waals surface area contributed by atoms with Crippen molar-refractivity contribution in [2.45, 2.75) is 0 Å². The number of amides is 1. The Morgan fingerprint density at radius 3 is 2.50 bits per heavy atom. The smallest absolute Gasteiger partial charge is 0.252 e. The molecule has 0 aliphatic heterocycles. The maximum Gasteiger partial charge on any atom is 0.252 e. The first-order chi connectivity index (χ1) is 9.51. The van der Waals surface area contributed by atoms with E-state index in [1.807, 2.05) is 6.07 Å². The monoisotopic (exact) mass is 271 g/mol. The van der Waals surface area contributed by atoms with Crippen molar-refractivity contribution in [2.24, 2.45) is 5.73 Å². The number of carbonyl (C=O) groups excluding carboxylic acids is 1. The van der Waals surface area contributed by atoms with E-state index in [1.54, 1.807) is 0 Å². The van der Waals surface area contributed by atoms with E-state index in [2.05, 4.69) is 0 Å². The van der Waals surface area contributed by atoms with Crippen molar-refractivity contribution in [3.05, 3.63) is 53.3 Å². The minimum atomic E-state index is -0.735. The van der Waals surface area contributed by atoms with Crippen LogP contribution < -0.4 is 16.2 Å². The van der Waals surface area contributed by atoms with Gasteiger partial charge in [-0.15, -0.1) is 0 Å². The molecule has 0 unspecified atom stereocenters. The van der Waals surface area contributed by atoms with Crippen molar-refractivity contribution in [1.82, 2.24) is 0 Å². The summed E-state index contributed by atoms with van der Waals surface area (Å²) in [5.74, 6) is -1.47. The number of carbonyl (C=O) groups is 1. The molecule has 0 saturated heterocycles. The predicted molar refractivity (Wildman–Crippen MR) is 70.6 cm³/mol. The number of hydrogen-bond donors (Lipinski definition) is 2. The Hall–Kier alpha value is -3.07. The number of nitrogens with zero attached hydrogens (tertiary/aromatic N) is 1. The lowest BCUT2D eigenvalue weighted by atomic mass is 10.1. The molecule has 0 fully saturated rings. The number of nitriles is 1. The van der Waals surface area contributed by atoms with Gasteiger partial charge in [0.05, 0.1) is 17.2 Å². The molecule has 0 aliphatic rings. The zero-order chi connectivity index (χ0) is 14.7. The Morgan fingerprint density at radius 2 is 1.90 bits per heavy atom. The average Bonchev–Trinajstić information content (AvgIpc) is 2.42. The molecule has 1 amide bonds. The number of benzene rings is 2. The molecule has 0 heterocycles. The van der Waals surface area contributed by atoms with Crippen molar-refractivity contribution < 1.29 is 13.9 Å². The van der Waals surface area contributed by atoms with Gasteiger partial charge in [-0.05, 0) is 36.4 Å². The quantitative estimate of drug-likeness (QED) is 0.835. The molecule has 0 saturated carbocycles. The first-order valence-electron chi connectivity index (χ1n) is 5.58. The van der Waals surface area contributed by atoms with Gasteiger partial charge in [0.1, 0.15) is 5.75 Å². The number of primary amides is 1. The second kappa shape index (κ2) is 5.28. The van der Waals surface area contributed by atoms with Gasteiger partial charge >= 0.3 is 0 Å². The zero-order valence-electron chi connectivity index (χ0n) is 10.3. The molecule has 0 atom stereocenters. The largest absolute Gasteiger partial charge is 0.453 e. The zero-order valence-corrected chi connectivity index (χ0v) is 10.3. The van der Waals surface area contributed by atoms with Gasteiger partial charge in [0.2, 0.25) is 0 Å². The Bertz CT molecular complexity index is 723. The summed E-state index contributed by atoms with van der Waals surface area (Å²) in [6, 6.07) is 9.82. The van der Waals surface area contributed by atoms with Crippen LogP contribution in [0.25, 0.3) is 0 Å². The first-order valence-corrected chi connectivity index (χ1v) is 5.58. The standard InChI is InChI=1S/C14H10FN3O2/c15-11-5-8(7-16)1-3-13(11)20-12-4-2-9(17)6-10(12)14(18)19/h1-6H,17H2,(H2,18,19). The molecular weight excluding hydrogens is 261 g/mol. The van der Waals surface area contributed by atoms with Crippen molar-refractivity contribution in [3.8, 4) is 17.6 Å². The van der Waals surface area contributed by atoms with Crippen LogP contribution in [0, 0.1) is 17.1 Å². The number of anilines is 1. The van der Waals surface area contributed by atoms with Crippen LogP contribution in [0.3, 0.4) is 0 Å². The third-order valence-corrected chi connectivity index (χ3v) is 2.55. The number of hydrogen-bond acceptors (Lipinski definition) is 4. The average molecular weight is 271 g/mol. The number of ether oxygens (including phenoxy) is 1. The first kappa shape index (κ1) is 13.4. The van der Waals surface area contributed by atoms with Crippen LogP contribution in [0.2, 0.25) is 0 Å². The predicted octanol–water partition coefficient (Wildman–Crippen LogP) is 2.17. The lowest BCUT2D eigenvalue weighted by Crippen LogP contribution is -2.12. The number of nitrogen functional groups attached to an aromatic ring is 1. The molecule has 2 rings (SSSR count). The number of rotatable bonds is 3. The highest BCUT2D eigenvalue weighted by molar-refractivity contribution is 5.96. The van der Waals surface area contributed by atoms with E-state index in [-0.39, 0.29) is 22.6 Å². The van der Waals surface area contributed by atoms with E-state index in [1.165, 1.54) is 30.3 Å². The number of nitrogens with two attached hydrogens (primary N) is 2. The minimum Gasteiger partial charge on any atom is -0.453 e. The topological polar surface area (TPSA) is 102 Å². The Labute approximate surface area is 114 Å². The molecule has 6 heteroatoms. The van der Waals surface area contributed by atoms with Crippen LogP contribution in [0.15, 0.2) is 36.4 Å². The van der Waals surface area contributed by atoms with Gasteiger partial charge < -0.3 is 16.2 Å². The molecule has 2 aromatic carbocycles. The van der Waals surface area contributed by atoms with Crippen molar-refractivity contribution >= 4 is 11.6 Å². The third-order valence-electron chi connectivity index (χ3n) is 2.55. The fourth-order valence-electron chi connectivity index (χ4n) is 1.60. The van der Waals surface area contributed by atoms with Gasteiger partial charge in [-0.25, -0.2) is 4.39 Å². The van der Waals surface area contributed by atoms with Gasteiger partial charge in [-0.1, -0.05) is 0 Å². The molecule has 0 radical (unpaired) electrons. The Morgan fingerprint density at radius 1 is 1.20 bits per heavy atom. The van der Waals surface area contributed by atoms with E-state index in [0.717, 1.165) is 6.07 Å². The molecule has 0 bridgehead atoms. The van der Waals surface area contributed by atoms with Crippen LogP contribution in [-0.4, -0.2) is 5.91 Å². The maximum absolute atomic E-state index is 13.7. The highest BCUT2D eigenvalue weighted by Gasteiger charge is 2.13. The fraction of sp³-hybridized carbons (Fsp3) is 0. The summed E-state index contributed by atoms with van der Waals surface area (Å²) in [7, 11) is 0. The van der Waals surface area contributed by atoms with Crippen LogP contribution in [0.5, 0.6) is 11.5 Å². The molecule has 0 spiro atoms. The van der Waals surface area contributed by atoms with Crippen LogP contribution >= 0.6 is 0 Å². The van der Waals surface area contributed by atoms with E-state index in [9.17, 15) is 9.18 Å². The molecular formula is C14H10FN3O2. The summed E-state index contributed by atoms with van der Waals surface area (Å²) in [4.78, 5) is 11.3. The summed E-state index contributed by atoms with van der Waals surface area (Å²) in [6.07, 6.45) is 0. The highest BCUT2D eigenvalue weighted by atomic mass is 19.1. The third kappa shape index (κ3) is 2.67. The lowest BCUT2D eigenvalue weighted by molar-refractivity contribution is 0.0998.